The van der Waals surface area contributed by atoms with Gasteiger partial charge in [0.15, 0.2) is 6.10 Å². The molecule has 0 spiro atoms. The number of esters is 1. The highest BCUT2D eigenvalue weighted by molar-refractivity contribution is 5.96. The first-order chi connectivity index (χ1) is 12.6. The molecule has 0 aromatic heterocycles. The van der Waals surface area contributed by atoms with Crippen LogP contribution in [0.3, 0.4) is 0 Å². The lowest BCUT2D eigenvalue weighted by Gasteiger charge is -2.15. The van der Waals surface area contributed by atoms with E-state index in [0.717, 1.165) is 5.75 Å². The molecule has 1 N–H and O–H groups in total. The molecule has 138 valence electrons. The molecule has 26 heavy (non-hydrogen) atoms. The quantitative estimate of drug-likeness (QED) is 0.550. The van der Waals surface area contributed by atoms with Crippen LogP contribution >= 0.6 is 0 Å². The van der Waals surface area contributed by atoms with Crippen molar-refractivity contribution >= 4 is 17.6 Å². The summed E-state index contributed by atoms with van der Waals surface area (Å²) in [4.78, 5) is 24.0. The Labute approximate surface area is 153 Å². The molecule has 0 bridgehead atoms. The molecule has 6 nitrogen and oxygen atoms in total. The van der Waals surface area contributed by atoms with Gasteiger partial charge in [0.05, 0.1) is 19.4 Å². The lowest BCUT2D eigenvalue weighted by Crippen LogP contribution is -2.30. The van der Waals surface area contributed by atoms with Crippen LogP contribution in [0, 0.1) is 0 Å². The number of anilines is 1. The Balaban J connectivity index is 1.71. The molecule has 0 aliphatic heterocycles. The summed E-state index contributed by atoms with van der Waals surface area (Å²) in [5.41, 5.74) is 0.527. The molecule has 1 atom stereocenters. The van der Waals surface area contributed by atoms with Crippen molar-refractivity contribution in [1.82, 2.24) is 0 Å². The number of methoxy groups -OCH3 is 1. The molecule has 2 rings (SSSR count). The Hall–Kier alpha value is -3.02. The fraction of sp³-hybridized carbons (Fsp3) is 0.300. The summed E-state index contributed by atoms with van der Waals surface area (Å²) in [7, 11) is 1.52. The van der Waals surface area contributed by atoms with Gasteiger partial charge in [-0.25, -0.2) is 0 Å². The Kier molecular flexibility index (Phi) is 7.49. The molecular formula is C20H23NO5. The number of amides is 1. The van der Waals surface area contributed by atoms with Crippen LogP contribution in [0.15, 0.2) is 54.6 Å². The SMILES string of the molecule is COc1ccccc1NC(=O)[C@@H](C)OC(=O)CCCOc1ccccc1. The van der Waals surface area contributed by atoms with E-state index in [2.05, 4.69) is 5.32 Å². The average Bonchev–Trinajstić information content (AvgIpc) is 2.66. The van der Waals surface area contributed by atoms with E-state index in [0.29, 0.717) is 24.5 Å². The van der Waals surface area contributed by atoms with Crippen molar-refractivity contribution in [2.24, 2.45) is 0 Å². The summed E-state index contributed by atoms with van der Waals surface area (Å²) in [6.45, 7) is 1.93. The second-order valence-corrected chi connectivity index (χ2v) is 5.59. The van der Waals surface area contributed by atoms with Gasteiger partial charge >= 0.3 is 5.97 Å². The Morgan fingerprint density at radius 1 is 1.04 bits per heavy atom. The fourth-order valence-corrected chi connectivity index (χ4v) is 2.22. The average molecular weight is 357 g/mol. The van der Waals surface area contributed by atoms with Crippen LogP contribution < -0.4 is 14.8 Å². The molecule has 0 radical (unpaired) electrons. The Morgan fingerprint density at radius 3 is 2.46 bits per heavy atom. The fourth-order valence-electron chi connectivity index (χ4n) is 2.22. The minimum absolute atomic E-state index is 0.180. The predicted octanol–water partition coefficient (Wildman–Crippen LogP) is 3.42. The highest BCUT2D eigenvalue weighted by Crippen LogP contribution is 2.23. The van der Waals surface area contributed by atoms with Crippen LogP contribution in [-0.4, -0.2) is 31.7 Å². The van der Waals surface area contributed by atoms with Gasteiger partial charge in [0.2, 0.25) is 0 Å². The third kappa shape index (κ3) is 6.12. The van der Waals surface area contributed by atoms with Crippen LogP contribution in [-0.2, 0) is 14.3 Å². The molecule has 2 aromatic rings. The van der Waals surface area contributed by atoms with E-state index in [1.807, 2.05) is 30.3 Å². The third-order valence-corrected chi connectivity index (χ3v) is 3.58. The van der Waals surface area contributed by atoms with Crippen LogP contribution in [0.2, 0.25) is 0 Å². The van der Waals surface area contributed by atoms with E-state index in [1.54, 1.807) is 24.3 Å². The van der Waals surface area contributed by atoms with Gasteiger partial charge in [0, 0.05) is 6.42 Å². The molecule has 0 aliphatic carbocycles. The van der Waals surface area contributed by atoms with Crippen molar-refractivity contribution in [3.63, 3.8) is 0 Å². The topological polar surface area (TPSA) is 73.9 Å². The molecule has 0 aliphatic rings. The van der Waals surface area contributed by atoms with Crippen molar-refractivity contribution in [3.8, 4) is 11.5 Å². The molecule has 6 heteroatoms. The second-order valence-electron chi connectivity index (χ2n) is 5.59. The first-order valence-electron chi connectivity index (χ1n) is 8.41. The molecule has 2 aromatic carbocycles. The summed E-state index contributed by atoms with van der Waals surface area (Å²) < 4.78 is 15.8. The number of hydrogen-bond acceptors (Lipinski definition) is 5. The third-order valence-electron chi connectivity index (χ3n) is 3.58. The van der Waals surface area contributed by atoms with E-state index < -0.39 is 18.0 Å². The maximum Gasteiger partial charge on any atom is 0.306 e. The largest absolute Gasteiger partial charge is 0.495 e. The van der Waals surface area contributed by atoms with Crippen LogP contribution in [0.5, 0.6) is 11.5 Å². The monoisotopic (exact) mass is 357 g/mol. The number of carbonyl (C=O) groups is 2. The molecule has 1 amide bonds. The zero-order valence-electron chi connectivity index (χ0n) is 14.9. The van der Waals surface area contributed by atoms with Crippen molar-refractivity contribution < 1.29 is 23.8 Å². The van der Waals surface area contributed by atoms with Gasteiger partial charge in [-0.05, 0) is 37.6 Å². The van der Waals surface area contributed by atoms with E-state index in [4.69, 9.17) is 14.2 Å². The summed E-state index contributed by atoms with van der Waals surface area (Å²) >= 11 is 0. The number of para-hydroxylation sites is 3. The maximum atomic E-state index is 12.2. The number of nitrogens with one attached hydrogen (secondary N) is 1. The van der Waals surface area contributed by atoms with Gasteiger partial charge in [0.1, 0.15) is 11.5 Å². The standard InChI is InChI=1S/C20H23NO5/c1-15(20(23)21-17-11-6-7-12-18(17)24-2)26-19(22)13-8-14-25-16-9-4-3-5-10-16/h3-7,9-12,15H,8,13-14H2,1-2H3,(H,21,23)/t15-/m1/s1. The Morgan fingerprint density at radius 2 is 1.73 bits per heavy atom. The van der Waals surface area contributed by atoms with Gasteiger partial charge in [-0.15, -0.1) is 0 Å². The number of hydrogen-bond donors (Lipinski definition) is 1. The minimum Gasteiger partial charge on any atom is -0.495 e. The van der Waals surface area contributed by atoms with Gasteiger partial charge in [-0.2, -0.15) is 0 Å². The molecule has 0 saturated heterocycles. The van der Waals surface area contributed by atoms with Crippen LogP contribution in [0.4, 0.5) is 5.69 Å². The number of rotatable bonds is 9. The van der Waals surface area contributed by atoms with Crippen LogP contribution in [0.25, 0.3) is 0 Å². The van der Waals surface area contributed by atoms with Gasteiger partial charge < -0.3 is 19.5 Å². The van der Waals surface area contributed by atoms with E-state index in [1.165, 1.54) is 14.0 Å². The predicted molar refractivity (Wildman–Crippen MR) is 98.3 cm³/mol. The lowest BCUT2D eigenvalue weighted by atomic mass is 10.2. The molecule has 0 saturated carbocycles. The van der Waals surface area contributed by atoms with Crippen molar-refractivity contribution in [1.29, 1.82) is 0 Å². The molecule has 0 fully saturated rings. The summed E-state index contributed by atoms with van der Waals surface area (Å²) in [6, 6.07) is 16.4. The highest BCUT2D eigenvalue weighted by Gasteiger charge is 2.18. The van der Waals surface area contributed by atoms with Crippen LogP contribution in [0.1, 0.15) is 19.8 Å². The van der Waals surface area contributed by atoms with Gasteiger partial charge in [-0.1, -0.05) is 30.3 Å². The zero-order chi connectivity index (χ0) is 18.8. The van der Waals surface area contributed by atoms with Gasteiger partial charge in [0.25, 0.3) is 5.91 Å². The zero-order valence-corrected chi connectivity index (χ0v) is 14.9. The smallest absolute Gasteiger partial charge is 0.306 e. The lowest BCUT2D eigenvalue weighted by molar-refractivity contribution is -0.153. The van der Waals surface area contributed by atoms with Gasteiger partial charge in [-0.3, -0.25) is 9.59 Å². The maximum absolute atomic E-state index is 12.2. The summed E-state index contributed by atoms with van der Waals surface area (Å²) in [5, 5.41) is 2.69. The van der Waals surface area contributed by atoms with E-state index >= 15 is 0 Å². The number of ether oxygens (including phenoxy) is 3. The van der Waals surface area contributed by atoms with Crippen molar-refractivity contribution in [2.75, 3.05) is 19.0 Å². The molecule has 0 heterocycles. The number of benzene rings is 2. The van der Waals surface area contributed by atoms with Crippen molar-refractivity contribution in [3.05, 3.63) is 54.6 Å². The summed E-state index contributed by atoms with van der Waals surface area (Å²) in [6.07, 6.45) is -0.212. The van der Waals surface area contributed by atoms with E-state index in [-0.39, 0.29) is 6.42 Å². The summed E-state index contributed by atoms with van der Waals surface area (Å²) in [5.74, 6) is 0.440. The second kappa shape index (κ2) is 10.1. The molecule has 0 unspecified atom stereocenters. The van der Waals surface area contributed by atoms with Crippen molar-refractivity contribution in [2.45, 2.75) is 25.9 Å². The first kappa shape index (κ1) is 19.3. The number of carbonyl (C=O) groups excluding carboxylic acids is 2. The highest BCUT2D eigenvalue weighted by atomic mass is 16.5. The van der Waals surface area contributed by atoms with E-state index in [9.17, 15) is 9.59 Å². The normalized spacial score (nSPS) is 11.3. The first-order valence-corrected chi connectivity index (χ1v) is 8.41. The molecular weight excluding hydrogens is 334 g/mol. The minimum atomic E-state index is -0.901. The Bertz CT molecular complexity index is 717.